The summed E-state index contributed by atoms with van der Waals surface area (Å²) in [6.45, 7) is 7.39. The highest BCUT2D eigenvalue weighted by Crippen LogP contribution is 2.44. The maximum Gasteiger partial charge on any atom is 0.308 e. The lowest BCUT2D eigenvalue weighted by Gasteiger charge is -2.43. The minimum atomic E-state index is -0.582. The third-order valence-electron chi connectivity index (χ3n) is 6.81. The van der Waals surface area contributed by atoms with E-state index in [1.807, 2.05) is 6.08 Å². The van der Waals surface area contributed by atoms with E-state index in [-0.39, 0.29) is 30.5 Å². The predicted octanol–water partition coefficient (Wildman–Crippen LogP) is 3.78. The van der Waals surface area contributed by atoms with Crippen LogP contribution < -0.4 is 0 Å². The molecule has 1 fully saturated rings. The zero-order chi connectivity index (χ0) is 21.0. The number of hydrogen-bond acceptors (Lipinski definition) is 5. The van der Waals surface area contributed by atoms with Crippen molar-refractivity contribution in [1.82, 2.24) is 0 Å². The molecule has 0 saturated carbocycles. The lowest BCUT2D eigenvalue weighted by molar-refractivity contribution is -0.160. The van der Waals surface area contributed by atoms with Crippen molar-refractivity contribution in [3.05, 3.63) is 23.8 Å². The third kappa shape index (κ3) is 5.93. The molecule has 0 unspecified atom stereocenters. The van der Waals surface area contributed by atoms with Crippen LogP contribution in [-0.4, -0.2) is 47.2 Å². The molecule has 0 aromatic carbocycles. The fourth-order valence-electron chi connectivity index (χ4n) is 5.32. The number of esters is 1. The Kier molecular flexibility index (Phi) is 7.94. The van der Waals surface area contributed by atoms with Crippen molar-refractivity contribution in [1.29, 1.82) is 0 Å². The van der Waals surface area contributed by atoms with Gasteiger partial charge in [0.2, 0.25) is 0 Å². The highest BCUT2D eigenvalue weighted by Gasteiger charge is 2.41. The summed E-state index contributed by atoms with van der Waals surface area (Å²) in [5, 5.41) is 20.3. The van der Waals surface area contributed by atoms with Crippen molar-refractivity contribution >= 4 is 5.97 Å². The van der Waals surface area contributed by atoms with Crippen LogP contribution in [0.2, 0.25) is 0 Å². The normalized spacial score (nSPS) is 38.2. The molecule has 0 spiro atoms. The van der Waals surface area contributed by atoms with Gasteiger partial charge in [-0.1, -0.05) is 45.4 Å². The van der Waals surface area contributed by atoms with Crippen LogP contribution in [0.1, 0.15) is 65.7 Å². The van der Waals surface area contributed by atoms with Crippen LogP contribution in [0, 0.1) is 23.7 Å². The zero-order valence-corrected chi connectivity index (χ0v) is 18.1. The smallest absolute Gasteiger partial charge is 0.308 e. The summed E-state index contributed by atoms with van der Waals surface area (Å²) < 4.78 is 11.8. The molecular formula is C24H38O5. The first kappa shape index (κ1) is 22.5. The largest absolute Gasteiger partial charge is 0.462 e. The lowest BCUT2D eigenvalue weighted by Crippen LogP contribution is -2.42. The van der Waals surface area contributed by atoms with Gasteiger partial charge in [0, 0.05) is 25.4 Å². The number of hydrogen-bond donors (Lipinski definition) is 2. The summed E-state index contributed by atoms with van der Waals surface area (Å²) in [6.07, 6.45) is 10.4. The molecule has 0 bridgehead atoms. The van der Waals surface area contributed by atoms with Gasteiger partial charge in [0.05, 0.1) is 24.7 Å². The molecule has 0 radical (unpaired) electrons. The minimum absolute atomic E-state index is 0.0150. The maximum atomic E-state index is 11.7. The minimum Gasteiger partial charge on any atom is -0.462 e. The van der Waals surface area contributed by atoms with Crippen LogP contribution in [0.3, 0.4) is 0 Å². The first-order valence-corrected chi connectivity index (χ1v) is 11.4. The Balaban J connectivity index is 1.68. The van der Waals surface area contributed by atoms with E-state index in [4.69, 9.17) is 9.47 Å². The average molecular weight is 407 g/mol. The molecule has 3 rings (SSSR count). The number of aliphatic hydroxyl groups is 2. The van der Waals surface area contributed by atoms with Gasteiger partial charge in [-0.05, 0) is 42.6 Å². The molecule has 164 valence electrons. The van der Waals surface area contributed by atoms with Crippen LogP contribution in [0.5, 0.6) is 0 Å². The van der Waals surface area contributed by atoms with Crippen LogP contribution in [0.4, 0.5) is 0 Å². The predicted molar refractivity (Wildman–Crippen MR) is 112 cm³/mol. The molecule has 2 N–H and O–H groups in total. The third-order valence-corrected chi connectivity index (χ3v) is 6.81. The van der Waals surface area contributed by atoms with Gasteiger partial charge in [-0.3, -0.25) is 4.79 Å². The molecule has 0 aromatic heterocycles. The van der Waals surface area contributed by atoms with Crippen LogP contribution in [0.15, 0.2) is 23.8 Å². The Labute approximate surface area is 175 Å². The van der Waals surface area contributed by atoms with E-state index in [0.717, 1.165) is 32.3 Å². The Morgan fingerprint density at radius 3 is 2.79 bits per heavy atom. The summed E-state index contributed by atoms with van der Waals surface area (Å²) in [4.78, 5) is 11.7. The number of allylic oxidation sites excluding steroid dienone is 2. The van der Waals surface area contributed by atoms with Crippen molar-refractivity contribution in [2.24, 2.45) is 23.7 Å². The number of carbonyl (C=O) groups excluding carboxylic acids is 1. The van der Waals surface area contributed by atoms with E-state index >= 15 is 0 Å². The van der Waals surface area contributed by atoms with Crippen LogP contribution >= 0.6 is 0 Å². The fourth-order valence-corrected chi connectivity index (χ4v) is 5.32. The van der Waals surface area contributed by atoms with Gasteiger partial charge in [0.25, 0.3) is 0 Å². The molecule has 5 nitrogen and oxygen atoms in total. The first-order valence-electron chi connectivity index (χ1n) is 11.4. The lowest BCUT2D eigenvalue weighted by atomic mass is 9.66. The van der Waals surface area contributed by atoms with Crippen LogP contribution in [0.25, 0.3) is 0 Å². The van der Waals surface area contributed by atoms with E-state index in [1.54, 1.807) is 0 Å². The van der Waals surface area contributed by atoms with Crippen LogP contribution in [-0.2, 0) is 14.3 Å². The van der Waals surface area contributed by atoms with Crippen molar-refractivity contribution in [3.63, 3.8) is 0 Å². The molecule has 3 aliphatic rings. The van der Waals surface area contributed by atoms with Crippen molar-refractivity contribution in [2.75, 3.05) is 6.61 Å². The fraction of sp³-hybridized carbons (Fsp3) is 0.792. The average Bonchev–Trinajstić information content (AvgIpc) is 2.65. The highest BCUT2D eigenvalue weighted by molar-refractivity contribution is 5.70. The molecule has 1 heterocycles. The van der Waals surface area contributed by atoms with E-state index in [1.165, 1.54) is 5.57 Å². The molecule has 1 aliphatic heterocycles. The maximum absolute atomic E-state index is 11.7. The SMILES string of the molecule is CCC[C@H](C)CO[C@H]1C[C@H](O)C=C2C=C[C@@H](C)[C@H](CC[C@@H]3C[C@@H](O)CC(=O)O3)[C@H]21. The second kappa shape index (κ2) is 10.2. The van der Waals surface area contributed by atoms with Gasteiger partial charge in [0.1, 0.15) is 6.10 Å². The number of ether oxygens (including phenoxy) is 2. The van der Waals surface area contributed by atoms with E-state index in [2.05, 4.69) is 32.9 Å². The second-order valence-electron chi connectivity index (χ2n) is 9.43. The summed E-state index contributed by atoms with van der Waals surface area (Å²) in [5.74, 6) is 1.26. The highest BCUT2D eigenvalue weighted by atomic mass is 16.5. The molecule has 5 heteroatoms. The summed E-state index contributed by atoms with van der Waals surface area (Å²) in [7, 11) is 0. The number of aliphatic hydroxyl groups excluding tert-OH is 2. The Morgan fingerprint density at radius 1 is 1.28 bits per heavy atom. The van der Waals surface area contributed by atoms with Gasteiger partial charge < -0.3 is 19.7 Å². The van der Waals surface area contributed by atoms with E-state index in [0.29, 0.717) is 30.6 Å². The number of fused-ring (bicyclic) bond motifs is 1. The molecule has 8 atom stereocenters. The van der Waals surface area contributed by atoms with Gasteiger partial charge in [0.15, 0.2) is 0 Å². The van der Waals surface area contributed by atoms with E-state index in [9.17, 15) is 15.0 Å². The Hall–Kier alpha value is -1.17. The van der Waals surface area contributed by atoms with E-state index < -0.39 is 12.2 Å². The monoisotopic (exact) mass is 406 g/mol. The van der Waals surface area contributed by atoms with Crippen molar-refractivity contribution < 1.29 is 24.5 Å². The molecule has 1 saturated heterocycles. The first-order chi connectivity index (χ1) is 13.9. The number of rotatable bonds is 8. The van der Waals surface area contributed by atoms with Crippen molar-refractivity contribution in [3.8, 4) is 0 Å². The van der Waals surface area contributed by atoms with Crippen molar-refractivity contribution in [2.45, 2.75) is 90.1 Å². The Bertz CT molecular complexity index is 612. The molecule has 0 amide bonds. The standard InChI is InChI=1S/C24H38O5/c1-4-5-15(2)14-28-22-12-18(25)10-17-7-6-16(3)21(24(17)22)9-8-20-11-19(26)13-23(27)29-20/h6-7,10,15-16,18-22,24-26H,4-5,8-9,11-14H2,1-3H3/t15-,16+,18+,19+,20+,21-,22-,24-/m0/s1. The van der Waals surface area contributed by atoms with Gasteiger partial charge in [-0.25, -0.2) is 0 Å². The van der Waals surface area contributed by atoms with Gasteiger partial charge >= 0.3 is 5.97 Å². The molecule has 2 aliphatic carbocycles. The number of cyclic esters (lactones) is 1. The molecule has 29 heavy (non-hydrogen) atoms. The van der Waals surface area contributed by atoms with Gasteiger partial charge in [-0.15, -0.1) is 0 Å². The summed E-state index contributed by atoms with van der Waals surface area (Å²) >= 11 is 0. The summed E-state index contributed by atoms with van der Waals surface area (Å²) in [5.41, 5.74) is 1.18. The number of carbonyl (C=O) groups is 1. The quantitative estimate of drug-likeness (QED) is 0.600. The summed E-state index contributed by atoms with van der Waals surface area (Å²) in [6, 6.07) is 0. The molecule has 0 aromatic rings. The second-order valence-corrected chi connectivity index (χ2v) is 9.43. The Morgan fingerprint density at radius 2 is 2.07 bits per heavy atom. The topological polar surface area (TPSA) is 76.0 Å². The molecular weight excluding hydrogens is 368 g/mol. The van der Waals surface area contributed by atoms with Gasteiger partial charge in [-0.2, -0.15) is 0 Å². The zero-order valence-electron chi connectivity index (χ0n) is 18.1.